The van der Waals surface area contributed by atoms with E-state index in [1.54, 1.807) is 11.3 Å². The molecule has 86 valence electrons. The van der Waals surface area contributed by atoms with E-state index in [9.17, 15) is 0 Å². The van der Waals surface area contributed by atoms with Crippen molar-refractivity contribution in [1.29, 1.82) is 0 Å². The first-order valence-corrected chi connectivity index (χ1v) is 6.91. The molecule has 2 aromatic heterocycles. The summed E-state index contributed by atoms with van der Waals surface area (Å²) in [4.78, 5) is 1.42. The molecule has 2 heterocycles. The van der Waals surface area contributed by atoms with Gasteiger partial charge in [-0.05, 0) is 52.9 Å². The summed E-state index contributed by atoms with van der Waals surface area (Å²) in [6.45, 7) is 2.97. The second kappa shape index (κ2) is 5.66. The normalized spacial score (nSPS) is 12.9. The third-order valence-electron chi connectivity index (χ3n) is 2.34. The number of hydrogen-bond donors (Lipinski definition) is 1. The zero-order valence-corrected chi connectivity index (χ0v) is 11.5. The number of furan rings is 1. The highest BCUT2D eigenvalue weighted by molar-refractivity contribution is 9.10. The Morgan fingerprint density at radius 3 is 2.94 bits per heavy atom. The average Bonchev–Trinajstić information content (AvgIpc) is 2.87. The maximum Gasteiger partial charge on any atom is 0.169 e. The molecule has 2 aromatic rings. The summed E-state index contributed by atoms with van der Waals surface area (Å²) in [5, 5.41) is 5.56. The van der Waals surface area contributed by atoms with E-state index in [1.807, 2.05) is 12.1 Å². The van der Waals surface area contributed by atoms with E-state index in [0.717, 1.165) is 23.4 Å². The molecule has 0 amide bonds. The summed E-state index contributed by atoms with van der Waals surface area (Å²) in [7, 11) is 0. The largest absolute Gasteiger partial charge is 0.453 e. The highest BCUT2D eigenvalue weighted by Gasteiger charge is 2.05. The first-order valence-electron chi connectivity index (χ1n) is 5.24. The Morgan fingerprint density at radius 2 is 2.31 bits per heavy atom. The van der Waals surface area contributed by atoms with Gasteiger partial charge in [0.1, 0.15) is 5.76 Å². The van der Waals surface area contributed by atoms with Gasteiger partial charge in [0.25, 0.3) is 0 Å². The molecule has 16 heavy (non-hydrogen) atoms. The minimum atomic E-state index is 0.461. The Morgan fingerprint density at radius 1 is 1.44 bits per heavy atom. The second-order valence-corrected chi connectivity index (χ2v) is 5.59. The van der Waals surface area contributed by atoms with Crippen LogP contribution >= 0.6 is 27.3 Å². The van der Waals surface area contributed by atoms with Gasteiger partial charge in [0, 0.05) is 10.9 Å². The lowest BCUT2D eigenvalue weighted by Crippen LogP contribution is -2.26. The van der Waals surface area contributed by atoms with Gasteiger partial charge in [0.05, 0.1) is 6.54 Å². The smallest absolute Gasteiger partial charge is 0.169 e. The lowest BCUT2D eigenvalue weighted by Gasteiger charge is -2.11. The van der Waals surface area contributed by atoms with Gasteiger partial charge >= 0.3 is 0 Å². The summed E-state index contributed by atoms with van der Waals surface area (Å²) in [5.41, 5.74) is 0. The van der Waals surface area contributed by atoms with Crippen LogP contribution in [0, 0.1) is 0 Å². The summed E-state index contributed by atoms with van der Waals surface area (Å²) < 4.78 is 6.21. The van der Waals surface area contributed by atoms with Crippen LogP contribution in [0.5, 0.6) is 0 Å². The van der Waals surface area contributed by atoms with Crippen LogP contribution in [0.25, 0.3) is 0 Å². The Balaban J connectivity index is 1.77. The molecule has 0 saturated carbocycles. The minimum absolute atomic E-state index is 0.461. The molecule has 0 spiro atoms. The molecule has 0 fully saturated rings. The monoisotopic (exact) mass is 299 g/mol. The van der Waals surface area contributed by atoms with E-state index in [4.69, 9.17) is 4.42 Å². The van der Waals surface area contributed by atoms with Gasteiger partial charge in [-0.2, -0.15) is 0 Å². The van der Waals surface area contributed by atoms with E-state index < -0.39 is 0 Å². The Hall–Kier alpha value is -0.580. The van der Waals surface area contributed by atoms with E-state index in [2.05, 4.69) is 45.7 Å². The van der Waals surface area contributed by atoms with Crippen molar-refractivity contribution < 1.29 is 4.42 Å². The molecule has 1 N–H and O–H groups in total. The SMILES string of the molecule is CC(Cc1cccs1)NCc1ccc(Br)o1. The fourth-order valence-electron chi connectivity index (χ4n) is 1.52. The molecule has 0 aromatic carbocycles. The molecule has 2 nitrogen and oxygen atoms in total. The molecule has 0 bridgehead atoms. The maximum atomic E-state index is 5.43. The van der Waals surface area contributed by atoms with E-state index in [0.29, 0.717) is 6.04 Å². The Bertz CT molecular complexity index is 424. The van der Waals surface area contributed by atoms with Crippen molar-refractivity contribution in [2.45, 2.75) is 25.9 Å². The summed E-state index contributed by atoms with van der Waals surface area (Å²) >= 11 is 5.10. The number of hydrogen-bond acceptors (Lipinski definition) is 3. The van der Waals surface area contributed by atoms with Gasteiger partial charge < -0.3 is 9.73 Å². The highest BCUT2D eigenvalue weighted by Crippen LogP contribution is 2.14. The number of halogens is 1. The lowest BCUT2D eigenvalue weighted by molar-refractivity contribution is 0.442. The summed E-state index contributed by atoms with van der Waals surface area (Å²) in [6.07, 6.45) is 1.07. The molecule has 4 heteroatoms. The molecule has 0 aliphatic carbocycles. The van der Waals surface area contributed by atoms with Crippen molar-refractivity contribution >= 4 is 27.3 Å². The molecular formula is C12H14BrNOS. The van der Waals surface area contributed by atoms with Crippen LogP contribution in [0.4, 0.5) is 0 Å². The predicted molar refractivity (Wildman–Crippen MR) is 70.7 cm³/mol. The van der Waals surface area contributed by atoms with Gasteiger partial charge in [-0.1, -0.05) is 6.07 Å². The van der Waals surface area contributed by atoms with E-state index in [1.165, 1.54) is 4.88 Å². The topological polar surface area (TPSA) is 25.2 Å². The van der Waals surface area contributed by atoms with Gasteiger partial charge in [-0.25, -0.2) is 0 Å². The van der Waals surface area contributed by atoms with Gasteiger partial charge in [0.15, 0.2) is 4.67 Å². The van der Waals surface area contributed by atoms with Crippen LogP contribution in [0.3, 0.4) is 0 Å². The second-order valence-electron chi connectivity index (χ2n) is 3.77. The van der Waals surface area contributed by atoms with E-state index in [-0.39, 0.29) is 0 Å². The zero-order valence-electron chi connectivity index (χ0n) is 9.07. The first-order chi connectivity index (χ1) is 7.74. The zero-order chi connectivity index (χ0) is 11.4. The van der Waals surface area contributed by atoms with Crippen LogP contribution in [-0.4, -0.2) is 6.04 Å². The van der Waals surface area contributed by atoms with Crippen LogP contribution < -0.4 is 5.32 Å². The molecule has 1 atom stereocenters. The third kappa shape index (κ3) is 3.47. The summed E-state index contributed by atoms with van der Waals surface area (Å²) in [5.74, 6) is 0.963. The predicted octanol–water partition coefficient (Wildman–Crippen LogP) is 3.82. The van der Waals surface area contributed by atoms with Gasteiger partial charge in [0.2, 0.25) is 0 Å². The first kappa shape index (κ1) is 11.9. The van der Waals surface area contributed by atoms with E-state index >= 15 is 0 Å². The van der Waals surface area contributed by atoms with Gasteiger partial charge in [-0.15, -0.1) is 11.3 Å². The molecule has 0 aliphatic rings. The van der Waals surface area contributed by atoms with Crippen LogP contribution in [0.1, 0.15) is 17.6 Å². The molecule has 0 radical (unpaired) electrons. The van der Waals surface area contributed by atoms with Crippen LogP contribution in [0.2, 0.25) is 0 Å². The number of rotatable bonds is 5. The fourth-order valence-corrected chi connectivity index (χ4v) is 2.70. The number of thiophene rings is 1. The molecular weight excluding hydrogens is 286 g/mol. The molecule has 2 rings (SSSR count). The highest BCUT2D eigenvalue weighted by atomic mass is 79.9. The Kier molecular flexibility index (Phi) is 4.21. The van der Waals surface area contributed by atoms with Gasteiger partial charge in [-0.3, -0.25) is 0 Å². The van der Waals surface area contributed by atoms with Crippen LogP contribution in [-0.2, 0) is 13.0 Å². The van der Waals surface area contributed by atoms with Crippen molar-refractivity contribution in [2.75, 3.05) is 0 Å². The number of nitrogens with one attached hydrogen (secondary N) is 1. The molecule has 1 unspecified atom stereocenters. The van der Waals surface area contributed by atoms with Crippen molar-refractivity contribution in [3.05, 3.63) is 45.0 Å². The van der Waals surface area contributed by atoms with Crippen molar-refractivity contribution in [3.8, 4) is 0 Å². The molecule has 0 aliphatic heterocycles. The lowest BCUT2D eigenvalue weighted by atomic mass is 10.2. The van der Waals surface area contributed by atoms with Crippen LogP contribution in [0.15, 0.2) is 38.7 Å². The quantitative estimate of drug-likeness (QED) is 0.908. The van der Waals surface area contributed by atoms with Crippen molar-refractivity contribution in [1.82, 2.24) is 5.32 Å². The maximum absolute atomic E-state index is 5.43. The third-order valence-corrected chi connectivity index (χ3v) is 3.67. The standard InChI is InChI=1S/C12H14BrNOS/c1-9(7-11-3-2-6-16-11)14-8-10-4-5-12(13)15-10/h2-6,9,14H,7-8H2,1H3. The minimum Gasteiger partial charge on any atom is -0.453 e. The average molecular weight is 300 g/mol. The molecule has 0 saturated heterocycles. The fraction of sp³-hybridized carbons (Fsp3) is 0.333. The van der Waals surface area contributed by atoms with Crippen molar-refractivity contribution in [2.24, 2.45) is 0 Å². The Labute approximate surface area is 108 Å². The van der Waals surface area contributed by atoms with Crippen molar-refractivity contribution in [3.63, 3.8) is 0 Å². The summed E-state index contributed by atoms with van der Waals surface area (Å²) in [6, 6.07) is 8.63.